The molecule has 1 aromatic rings. The van der Waals surface area contributed by atoms with Crippen LogP contribution >= 0.6 is 11.6 Å². The predicted octanol–water partition coefficient (Wildman–Crippen LogP) is 4.29. The molecular formula is C18H22ClFN2O. The fourth-order valence-corrected chi connectivity index (χ4v) is 3.62. The highest BCUT2D eigenvalue weighted by Crippen LogP contribution is 2.33. The van der Waals surface area contributed by atoms with Crippen molar-refractivity contribution in [1.29, 1.82) is 0 Å². The zero-order valence-electron chi connectivity index (χ0n) is 13.6. The molecule has 0 radical (unpaired) electrons. The molecule has 3 rings (SSSR count). The Labute approximate surface area is 141 Å². The number of ether oxygens (including phenoxy) is 1. The highest BCUT2D eigenvalue weighted by atomic mass is 35.5. The van der Waals surface area contributed by atoms with Gasteiger partial charge in [-0.3, -0.25) is 0 Å². The minimum Gasteiger partial charge on any atom is -0.376 e. The molecule has 0 bridgehead atoms. The highest BCUT2D eigenvalue weighted by molar-refractivity contribution is 6.32. The number of hydrogen-bond acceptors (Lipinski definition) is 3. The molecule has 1 fully saturated rings. The lowest BCUT2D eigenvalue weighted by Crippen LogP contribution is -2.39. The monoisotopic (exact) mass is 336 g/mol. The van der Waals surface area contributed by atoms with Crippen molar-refractivity contribution in [2.75, 3.05) is 19.7 Å². The van der Waals surface area contributed by atoms with Crippen molar-refractivity contribution >= 4 is 17.3 Å². The van der Waals surface area contributed by atoms with Crippen LogP contribution in [0.2, 0.25) is 5.02 Å². The molecule has 124 valence electrons. The Kier molecular flexibility index (Phi) is 4.74. The molecule has 0 saturated carbocycles. The average Bonchev–Trinajstić information content (AvgIpc) is 2.49. The molecule has 3 nitrogen and oxygen atoms in total. The molecule has 1 aromatic heterocycles. The Morgan fingerprint density at radius 3 is 3.09 bits per heavy atom. The minimum absolute atomic E-state index is 0.0706. The van der Waals surface area contributed by atoms with Gasteiger partial charge in [-0.05, 0) is 38.7 Å². The van der Waals surface area contributed by atoms with Crippen molar-refractivity contribution < 1.29 is 9.13 Å². The molecule has 0 spiro atoms. The van der Waals surface area contributed by atoms with Crippen LogP contribution in [-0.2, 0) is 4.74 Å². The number of pyridine rings is 1. The van der Waals surface area contributed by atoms with Gasteiger partial charge in [0.1, 0.15) is 0 Å². The number of nitrogens with zero attached hydrogens (tertiary/aromatic N) is 2. The van der Waals surface area contributed by atoms with E-state index in [0.717, 1.165) is 38.2 Å². The summed E-state index contributed by atoms with van der Waals surface area (Å²) in [6.07, 6.45) is 9.55. The molecule has 0 N–H and O–H groups in total. The van der Waals surface area contributed by atoms with Crippen LogP contribution in [0, 0.1) is 11.9 Å². The van der Waals surface area contributed by atoms with E-state index in [1.807, 2.05) is 12.2 Å². The van der Waals surface area contributed by atoms with Crippen LogP contribution in [-0.4, -0.2) is 35.2 Å². The van der Waals surface area contributed by atoms with Crippen LogP contribution in [0.1, 0.15) is 32.3 Å². The van der Waals surface area contributed by atoms with Gasteiger partial charge >= 0.3 is 0 Å². The molecule has 2 aliphatic heterocycles. The predicted molar refractivity (Wildman–Crippen MR) is 90.7 cm³/mol. The van der Waals surface area contributed by atoms with E-state index in [1.54, 1.807) is 0 Å². The number of halogens is 2. The largest absolute Gasteiger partial charge is 0.376 e. The van der Waals surface area contributed by atoms with E-state index < -0.39 is 5.95 Å². The summed E-state index contributed by atoms with van der Waals surface area (Å²) in [6.45, 7) is 6.81. The van der Waals surface area contributed by atoms with E-state index in [4.69, 9.17) is 16.3 Å². The average molecular weight is 337 g/mol. The van der Waals surface area contributed by atoms with Crippen molar-refractivity contribution in [2.24, 2.45) is 5.92 Å². The van der Waals surface area contributed by atoms with E-state index in [2.05, 4.69) is 29.8 Å². The second kappa shape index (κ2) is 6.62. The van der Waals surface area contributed by atoms with E-state index in [9.17, 15) is 4.39 Å². The maximum atomic E-state index is 13.5. The summed E-state index contributed by atoms with van der Waals surface area (Å²) in [6, 6.07) is 1.41. The normalized spacial score (nSPS) is 23.7. The van der Waals surface area contributed by atoms with Crippen molar-refractivity contribution in [3.63, 3.8) is 0 Å². The van der Waals surface area contributed by atoms with Gasteiger partial charge < -0.3 is 9.64 Å². The summed E-state index contributed by atoms with van der Waals surface area (Å²) < 4.78 is 19.3. The van der Waals surface area contributed by atoms with Gasteiger partial charge in [-0.25, -0.2) is 4.98 Å². The summed E-state index contributed by atoms with van der Waals surface area (Å²) in [7, 11) is 0. The second-order valence-corrected chi connectivity index (χ2v) is 7.25. The lowest BCUT2D eigenvalue weighted by molar-refractivity contribution is -0.0747. The van der Waals surface area contributed by atoms with Crippen LogP contribution in [0.4, 0.5) is 4.39 Å². The first-order chi connectivity index (χ1) is 10.9. The van der Waals surface area contributed by atoms with Gasteiger partial charge in [0.25, 0.3) is 0 Å². The third-order valence-electron chi connectivity index (χ3n) is 4.43. The standard InChI is InChI=1S/C18H22ClFN2O/c1-18(2)10-13(6-8-23-18)12-22-7-4-3-5-16(22)14-9-17(20)21-11-15(14)19/h3-5,9,11,13H,6-8,10,12H2,1-2H3. The smallest absolute Gasteiger partial charge is 0.213 e. The molecule has 0 aliphatic carbocycles. The first-order valence-corrected chi connectivity index (χ1v) is 8.39. The molecule has 1 saturated heterocycles. The molecule has 23 heavy (non-hydrogen) atoms. The molecule has 1 unspecified atom stereocenters. The molecule has 1 atom stereocenters. The molecule has 0 aromatic carbocycles. The van der Waals surface area contributed by atoms with E-state index in [-0.39, 0.29) is 5.60 Å². The molecule has 0 amide bonds. The van der Waals surface area contributed by atoms with E-state index >= 15 is 0 Å². The van der Waals surface area contributed by atoms with E-state index in [1.165, 1.54) is 12.3 Å². The van der Waals surface area contributed by atoms with Crippen molar-refractivity contribution in [2.45, 2.75) is 32.3 Å². The fraction of sp³-hybridized carbons (Fsp3) is 0.500. The number of rotatable bonds is 3. The van der Waals surface area contributed by atoms with Gasteiger partial charge in [0.2, 0.25) is 5.95 Å². The summed E-state index contributed by atoms with van der Waals surface area (Å²) in [4.78, 5) is 5.89. The van der Waals surface area contributed by atoms with Crippen LogP contribution < -0.4 is 0 Å². The fourth-order valence-electron chi connectivity index (χ4n) is 3.42. The Bertz CT molecular complexity index is 642. The lowest BCUT2D eigenvalue weighted by Gasteiger charge is -2.39. The summed E-state index contributed by atoms with van der Waals surface area (Å²) >= 11 is 6.24. The van der Waals surface area contributed by atoms with Gasteiger partial charge in [0.05, 0.1) is 10.6 Å². The Balaban J connectivity index is 1.80. The number of allylic oxidation sites excluding steroid dienone is 2. The van der Waals surface area contributed by atoms with Gasteiger partial charge in [0.15, 0.2) is 0 Å². The van der Waals surface area contributed by atoms with E-state index in [0.29, 0.717) is 16.5 Å². The summed E-state index contributed by atoms with van der Waals surface area (Å²) in [5.41, 5.74) is 1.59. The minimum atomic E-state index is -0.507. The molecule has 5 heteroatoms. The highest BCUT2D eigenvalue weighted by Gasteiger charge is 2.30. The lowest BCUT2D eigenvalue weighted by atomic mass is 9.87. The third kappa shape index (κ3) is 3.93. The molecule has 3 heterocycles. The second-order valence-electron chi connectivity index (χ2n) is 6.84. The first kappa shape index (κ1) is 16.5. The van der Waals surface area contributed by atoms with Crippen LogP contribution in [0.15, 0.2) is 30.5 Å². The maximum Gasteiger partial charge on any atom is 0.213 e. The summed E-state index contributed by atoms with van der Waals surface area (Å²) in [5.74, 6) is 0.0473. The quantitative estimate of drug-likeness (QED) is 0.770. The van der Waals surface area contributed by atoms with Crippen LogP contribution in [0.25, 0.3) is 5.70 Å². The van der Waals surface area contributed by atoms with Gasteiger partial charge in [-0.1, -0.05) is 23.8 Å². The van der Waals surface area contributed by atoms with Gasteiger partial charge in [0, 0.05) is 43.2 Å². The Morgan fingerprint density at radius 2 is 2.30 bits per heavy atom. The SMILES string of the molecule is CC1(C)CC(CN2CC=CC=C2c2cc(F)ncc2Cl)CCO1. The Hall–Kier alpha value is -1.39. The maximum absolute atomic E-state index is 13.5. The Morgan fingerprint density at radius 1 is 1.48 bits per heavy atom. The van der Waals surface area contributed by atoms with Crippen molar-refractivity contribution in [3.8, 4) is 0 Å². The van der Waals surface area contributed by atoms with Crippen LogP contribution in [0.3, 0.4) is 0 Å². The van der Waals surface area contributed by atoms with Crippen molar-refractivity contribution in [1.82, 2.24) is 9.88 Å². The molecule has 2 aliphatic rings. The third-order valence-corrected chi connectivity index (χ3v) is 4.73. The van der Waals surface area contributed by atoms with Gasteiger partial charge in [-0.15, -0.1) is 0 Å². The zero-order chi connectivity index (χ0) is 16.4. The molecular weight excluding hydrogens is 315 g/mol. The van der Waals surface area contributed by atoms with Crippen molar-refractivity contribution in [3.05, 3.63) is 47.0 Å². The topological polar surface area (TPSA) is 25.4 Å². The number of hydrogen-bond donors (Lipinski definition) is 0. The van der Waals surface area contributed by atoms with Crippen LogP contribution in [0.5, 0.6) is 0 Å². The first-order valence-electron chi connectivity index (χ1n) is 8.02. The summed E-state index contributed by atoms with van der Waals surface area (Å²) in [5, 5.41) is 0.477. The van der Waals surface area contributed by atoms with Gasteiger partial charge in [-0.2, -0.15) is 4.39 Å². The zero-order valence-corrected chi connectivity index (χ0v) is 14.3. The number of aromatic nitrogens is 1.